The number of rotatable bonds is 6. The van der Waals surface area contributed by atoms with Gasteiger partial charge in [0.25, 0.3) is 5.91 Å². The molecule has 0 aliphatic heterocycles. The van der Waals surface area contributed by atoms with Gasteiger partial charge in [0.05, 0.1) is 11.3 Å². The Hall–Kier alpha value is -3.14. The highest BCUT2D eigenvalue weighted by molar-refractivity contribution is 5.99. The van der Waals surface area contributed by atoms with Crippen molar-refractivity contribution >= 4 is 11.7 Å². The Kier molecular flexibility index (Phi) is 6.09. The van der Waals surface area contributed by atoms with E-state index in [4.69, 9.17) is 4.98 Å². The molecule has 0 N–H and O–H groups in total. The van der Waals surface area contributed by atoms with E-state index in [-0.39, 0.29) is 5.91 Å². The Labute approximate surface area is 167 Å². The third kappa shape index (κ3) is 4.39. The van der Waals surface area contributed by atoms with Crippen LogP contribution in [0.4, 0.5) is 5.82 Å². The van der Waals surface area contributed by atoms with E-state index >= 15 is 0 Å². The fourth-order valence-electron chi connectivity index (χ4n) is 3.22. The van der Waals surface area contributed by atoms with Crippen molar-refractivity contribution in [2.45, 2.75) is 13.3 Å². The highest BCUT2D eigenvalue weighted by atomic mass is 16.2. The molecule has 0 bridgehead atoms. The van der Waals surface area contributed by atoms with Crippen molar-refractivity contribution in [3.63, 3.8) is 0 Å². The van der Waals surface area contributed by atoms with Gasteiger partial charge in [-0.05, 0) is 36.6 Å². The van der Waals surface area contributed by atoms with Crippen molar-refractivity contribution in [1.29, 1.82) is 0 Å². The molecule has 0 aliphatic carbocycles. The second kappa shape index (κ2) is 8.70. The number of likely N-dealkylation sites (N-methyl/N-ethyl adjacent to an activating group) is 1. The molecule has 1 heterocycles. The summed E-state index contributed by atoms with van der Waals surface area (Å²) >= 11 is 0. The summed E-state index contributed by atoms with van der Waals surface area (Å²) in [6.07, 6.45) is 0.828. The average molecular weight is 374 g/mol. The Balaban J connectivity index is 1.84. The lowest BCUT2D eigenvalue weighted by Gasteiger charge is -2.22. The SMILES string of the molecule is Cc1ccccc1-c1ccc(C(=O)N(C)CCc2ccccc2)c(N(C)C)n1. The van der Waals surface area contributed by atoms with Crippen LogP contribution in [0.5, 0.6) is 0 Å². The van der Waals surface area contributed by atoms with Gasteiger partial charge in [0.2, 0.25) is 0 Å². The quantitative estimate of drug-likeness (QED) is 0.641. The Morgan fingerprint density at radius 2 is 1.57 bits per heavy atom. The summed E-state index contributed by atoms with van der Waals surface area (Å²) in [7, 11) is 5.69. The van der Waals surface area contributed by atoms with Crippen LogP contribution in [-0.4, -0.2) is 43.5 Å². The first kappa shape index (κ1) is 19.6. The number of carbonyl (C=O) groups is 1. The molecule has 4 heteroatoms. The van der Waals surface area contributed by atoms with Gasteiger partial charge < -0.3 is 9.80 Å². The van der Waals surface area contributed by atoms with Crippen LogP contribution >= 0.6 is 0 Å². The molecule has 0 unspecified atom stereocenters. The van der Waals surface area contributed by atoms with Gasteiger partial charge in [-0.15, -0.1) is 0 Å². The number of hydrogen-bond acceptors (Lipinski definition) is 3. The molecule has 144 valence electrons. The summed E-state index contributed by atoms with van der Waals surface area (Å²) in [5, 5.41) is 0. The molecule has 0 saturated carbocycles. The second-order valence-corrected chi connectivity index (χ2v) is 7.24. The molecule has 3 aromatic rings. The maximum atomic E-state index is 13.1. The maximum absolute atomic E-state index is 13.1. The van der Waals surface area contributed by atoms with Gasteiger partial charge in [-0.25, -0.2) is 4.98 Å². The van der Waals surface area contributed by atoms with Gasteiger partial charge in [-0.3, -0.25) is 4.79 Å². The smallest absolute Gasteiger partial charge is 0.257 e. The van der Waals surface area contributed by atoms with Crippen molar-refractivity contribution in [3.05, 3.63) is 83.4 Å². The standard InChI is InChI=1S/C24H27N3O/c1-18-10-8-9-13-20(18)22-15-14-21(23(25-22)26(2)3)24(28)27(4)17-16-19-11-6-5-7-12-19/h5-15H,16-17H2,1-4H3. The number of aryl methyl sites for hydroxylation is 1. The van der Waals surface area contributed by atoms with E-state index in [9.17, 15) is 4.79 Å². The molecule has 4 nitrogen and oxygen atoms in total. The summed E-state index contributed by atoms with van der Waals surface area (Å²) in [6, 6.07) is 22.2. The third-order valence-corrected chi connectivity index (χ3v) is 4.88. The lowest BCUT2D eigenvalue weighted by molar-refractivity contribution is 0.0797. The van der Waals surface area contributed by atoms with E-state index in [0.717, 1.165) is 17.7 Å². The van der Waals surface area contributed by atoms with Crippen molar-refractivity contribution in [2.75, 3.05) is 32.6 Å². The van der Waals surface area contributed by atoms with Gasteiger partial charge in [0.15, 0.2) is 0 Å². The summed E-state index contributed by atoms with van der Waals surface area (Å²) in [5.41, 5.74) is 4.98. The average Bonchev–Trinajstić information content (AvgIpc) is 2.72. The van der Waals surface area contributed by atoms with Crippen molar-refractivity contribution in [1.82, 2.24) is 9.88 Å². The fourth-order valence-corrected chi connectivity index (χ4v) is 3.22. The van der Waals surface area contributed by atoms with Crippen LogP contribution in [0.3, 0.4) is 0 Å². The number of aromatic nitrogens is 1. The van der Waals surface area contributed by atoms with Gasteiger partial charge in [0, 0.05) is 33.3 Å². The van der Waals surface area contributed by atoms with Crippen LogP contribution in [-0.2, 0) is 6.42 Å². The van der Waals surface area contributed by atoms with E-state index in [1.807, 2.05) is 68.5 Å². The normalized spacial score (nSPS) is 10.6. The predicted octanol–water partition coefficient (Wildman–Crippen LogP) is 4.44. The fraction of sp³-hybridized carbons (Fsp3) is 0.250. The highest BCUT2D eigenvalue weighted by Crippen LogP contribution is 2.26. The molecule has 3 rings (SSSR count). The predicted molar refractivity (Wildman–Crippen MR) is 116 cm³/mol. The first-order chi connectivity index (χ1) is 13.5. The Morgan fingerprint density at radius 3 is 2.25 bits per heavy atom. The van der Waals surface area contributed by atoms with E-state index in [1.165, 1.54) is 11.1 Å². The largest absolute Gasteiger partial charge is 0.362 e. The number of benzene rings is 2. The molecule has 2 aromatic carbocycles. The van der Waals surface area contributed by atoms with Gasteiger partial charge >= 0.3 is 0 Å². The lowest BCUT2D eigenvalue weighted by atomic mass is 10.0. The zero-order chi connectivity index (χ0) is 20.1. The maximum Gasteiger partial charge on any atom is 0.257 e. The molecule has 0 saturated heterocycles. The van der Waals surface area contributed by atoms with Crippen molar-refractivity contribution in [2.24, 2.45) is 0 Å². The molecule has 0 aliphatic rings. The van der Waals surface area contributed by atoms with Crippen LogP contribution < -0.4 is 4.90 Å². The van der Waals surface area contributed by atoms with E-state index in [1.54, 1.807) is 4.90 Å². The van der Waals surface area contributed by atoms with Crippen molar-refractivity contribution in [3.8, 4) is 11.3 Å². The van der Waals surface area contributed by atoms with Gasteiger partial charge in [-0.1, -0.05) is 54.6 Å². The number of anilines is 1. The minimum Gasteiger partial charge on any atom is -0.362 e. The Bertz CT molecular complexity index is 951. The topological polar surface area (TPSA) is 36.4 Å². The molecule has 1 aromatic heterocycles. The second-order valence-electron chi connectivity index (χ2n) is 7.24. The van der Waals surface area contributed by atoms with Crippen LogP contribution in [0.25, 0.3) is 11.3 Å². The number of hydrogen-bond donors (Lipinski definition) is 0. The van der Waals surface area contributed by atoms with E-state index in [2.05, 4.69) is 31.2 Å². The molecule has 0 atom stereocenters. The van der Waals surface area contributed by atoms with Crippen LogP contribution in [0, 0.1) is 6.92 Å². The van der Waals surface area contributed by atoms with Gasteiger partial charge in [0.1, 0.15) is 5.82 Å². The monoisotopic (exact) mass is 373 g/mol. The third-order valence-electron chi connectivity index (χ3n) is 4.88. The zero-order valence-corrected chi connectivity index (χ0v) is 17.0. The van der Waals surface area contributed by atoms with Crippen LogP contribution in [0.2, 0.25) is 0 Å². The Morgan fingerprint density at radius 1 is 0.893 bits per heavy atom. The minimum absolute atomic E-state index is 0.0107. The van der Waals surface area contributed by atoms with Crippen LogP contribution in [0.15, 0.2) is 66.7 Å². The number of amides is 1. The molecular weight excluding hydrogens is 346 g/mol. The first-order valence-electron chi connectivity index (χ1n) is 9.51. The first-order valence-corrected chi connectivity index (χ1v) is 9.51. The van der Waals surface area contributed by atoms with Crippen molar-refractivity contribution < 1.29 is 4.79 Å². The summed E-state index contributed by atoms with van der Waals surface area (Å²) < 4.78 is 0. The minimum atomic E-state index is -0.0107. The van der Waals surface area contributed by atoms with Gasteiger partial charge in [-0.2, -0.15) is 0 Å². The zero-order valence-electron chi connectivity index (χ0n) is 17.0. The summed E-state index contributed by atoms with van der Waals surface area (Å²) in [5.74, 6) is 0.681. The molecule has 0 radical (unpaired) electrons. The molecule has 1 amide bonds. The molecule has 28 heavy (non-hydrogen) atoms. The highest BCUT2D eigenvalue weighted by Gasteiger charge is 2.19. The summed E-state index contributed by atoms with van der Waals surface area (Å²) in [6.45, 7) is 2.73. The number of carbonyl (C=O) groups excluding carboxylic acids is 1. The molecular formula is C24H27N3O. The number of nitrogens with zero attached hydrogens (tertiary/aromatic N) is 3. The molecule has 0 fully saturated rings. The van der Waals surface area contributed by atoms with Crippen LogP contribution in [0.1, 0.15) is 21.5 Å². The van der Waals surface area contributed by atoms with E-state index in [0.29, 0.717) is 17.9 Å². The molecule has 0 spiro atoms. The number of pyridine rings is 1. The lowest BCUT2D eigenvalue weighted by Crippen LogP contribution is -2.30. The van der Waals surface area contributed by atoms with E-state index < -0.39 is 0 Å². The summed E-state index contributed by atoms with van der Waals surface area (Å²) in [4.78, 5) is 21.5.